The van der Waals surface area contributed by atoms with Crippen molar-refractivity contribution >= 4 is 23.4 Å². The van der Waals surface area contributed by atoms with Gasteiger partial charge in [0.25, 0.3) is 0 Å². The number of hydrogen-bond acceptors (Lipinski definition) is 2. The molecule has 18 heavy (non-hydrogen) atoms. The first-order valence-electron chi connectivity index (χ1n) is 5.86. The van der Waals surface area contributed by atoms with Crippen LogP contribution in [0, 0.1) is 6.92 Å². The van der Waals surface area contributed by atoms with Crippen molar-refractivity contribution in [3.63, 3.8) is 0 Å². The third kappa shape index (κ3) is 3.29. The van der Waals surface area contributed by atoms with E-state index in [-0.39, 0.29) is 6.04 Å². The molecule has 1 nitrogen and oxygen atoms in total. The summed E-state index contributed by atoms with van der Waals surface area (Å²) in [6.07, 6.45) is 0. The SMILES string of the molecule is Cc1cccc(Sc2ccc(C(C)N)cc2Cl)c1. The summed E-state index contributed by atoms with van der Waals surface area (Å²) in [5.74, 6) is 0. The number of halogens is 1. The molecule has 3 heteroatoms. The van der Waals surface area contributed by atoms with E-state index in [0.717, 1.165) is 15.5 Å². The van der Waals surface area contributed by atoms with Gasteiger partial charge in [0.1, 0.15) is 0 Å². The summed E-state index contributed by atoms with van der Waals surface area (Å²) >= 11 is 7.96. The van der Waals surface area contributed by atoms with Crippen LogP contribution in [0.25, 0.3) is 0 Å². The fraction of sp³-hybridized carbons (Fsp3) is 0.200. The zero-order valence-corrected chi connectivity index (χ0v) is 12.1. The molecule has 2 rings (SSSR count). The largest absolute Gasteiger partial charge is 0.324 e. The van der Waals surface area contributed by atoms with Gasteiger partial charge in [0, 0.05) is 15.8 Å². The Balaban J connectivity index is 2.24. The van der Waals surface area contributed by atoms with E-state index in [1.54, 1.807) is 11.8 Å². The molecule has 0 aromatic heterocycles. The molecule has 0 amide bonds. The van der Waals surface area contributed by atoms with E-state index in [4.69, 9.17) is 17.3 Å². The lowest BCUT2D eigenvalue weighted by Crippen LogP contribution is -2.04. The van der Waals surface area contributed by atoms with Gasteiger partial charge in [0.15, 0.2) is 0 Å². The minimum absolute atomic E-state index is 0.0144. The maximum absolute atomic E-state index is 6.29. The van der Waals surface area contributed by atoms with Crippen LogP contribution in [-0.4, -0.2) is 0 Å². The van der Waals surface area contributed by atoms with E-state index in [1.807, 2.05) is 25.1 Å². The average molecular weight is 278 g/mol. The molecule has 0 spiro atoms. The third-order valence-corrected chi connectivity index (χ3v) is 4.19. The molecular formula is C15H16ClNS. The zero-order chi connectivity index (χ0) is 13.1. The third-order valence-electron chi connectivity index (χ3n) is 2.70. The van der Waals surface area contributed by atoms with E-state index in [1.165, 1.54) is 10.5 Å². The summed E-state index contributed by atoms with van der Waals surface area (Å²) in [6, 6.07) is 14.4. The average Bonchev–Trinajstić information content (AvgIpc) is 2.31. The molecule has 0 radical (unpaired) electrons. The van der Waals surface area contributed by atoms with Gasteiger partial charge in [-0.2, -0.15) is 0 Å². The van der Waals surface area contributed by atoms with Crippen molar-refractivity contribution in [2.24, 2.45) is 5.73 Å². The molecule has 0 aliphatic rings. The van der Waals surface area contributed by atoms with Gasteiger partial charge < -0.3 is 5.73 Å². The molecule has 2 aromatic rings. The number of benzene rings is 2. The first-order chi connectivity index (χ1) is 8.56. The maximum atomic E-state index is 6.29. The van der Waals surface area contributed by atoms with E-state index in [0.29, 0.717) is 0 Å². The van der Waals surface area contributed by atoms with Crippen LogP contribution in [0.5, 0.6) is 0 Å². The van der Waals surface area contributed by atoms with Gasteiger partial charge in [-0.3, -0.25) is 0 Å². The van der Waals surface area contributed by atoms with Gasteiger partial charge in [-0.1, -0.05) is 47.1 Å². The van der Waals surface area contributed by atoms with Crippen molar-refractivity contribution in [2.75, 3.05) is 0 Å². The monoisotopic (exact) mass is 277 g/mol. The fourth-order valence-electron chi connectivity index (χ4n) is 1.69. The zero-order valence-electron chi connectivity index (χ0n) is 10.5. The standard InChI is InChI=1S/C15H16ClNS/c1-10-4-3-5-13(8-10)18-15-7-6-12(11(2)17)9-14(15)16/h3-9,11H,17H2,1-2H3. The lowest BCUT2D eigenvalue weighted by molar-refractivity contribution is 0.817. The molecular weight excluding hydrogens is 262 g/mol. The van der Waals surface area contributed by atoms with Gasteiger partial charge in [-0.05, 0) is 43.7 Å². The van der Waals surface area contributed by atoms with E-state index >= 15 is 0 Å². The van der Waals surface area contributed by atoms with Gasteiger partial charge in [0.05, 0.1) is 5.02 Å². The number of hydrogen-bond donors (Lipinski definition) is 1. The van der Waals surface area contributed by atoms with E-state index in [9.17, 15) is 0 Å². The minimum Gasteiger partial charge on any atom is -0.324 e. The molecule has 0 aliphatic heterocycles. The predicted molar refractivity (Wildman–Crippen MR) is 79.4 cm³/mol. The lowest BCUT2D eigenvalue weighted by atomic mass is 10.1. The van der Waals surface area contributed by atoms with Crippen molar-refractivity contribution in [2.45, 2.75) is 29.7 Å². The second kappa shape index (κ2) is 5.79. The van der Waals surface area contributed by atoms with Crippen molar-refractivity contribution in [3.05, 3.63) is 58.6 Å². The molecule has 1 atom stereocenters. The highest BCUT2D eigenvalue weighted by atomic mass is 35.5. The second-order valence-corrected chi connectivity index (χ2v) is 5.92. The van der Waals surface area contributed by atoms with Crippen LogP contribution >= 0.6 is 23.4 Å². The maximum Gasteiger partial charge on any atom is 0.0548 e. The second-order valence-electron chi connectivity index (χ2n) is 4.40. The van der Waals surface area contributed by atoms with Gasteiger partial charge >= 0.3 is 0 Å². The van der Waals surface area contributed by atoms with E-state index < -0.39 is 0 Å². The smallest absolute Gasteiger partial charge is 0.0548 e. The summed E-state index contributed by atoms with van der Waals surface area (Å²) < 4.78 is 0. The number of rotatable bonds is 3. The predicted octanol–water partition coefficient (Wildman–Crippen LogP) is 4.82. The van der Waals surface area contributed by atoms with Crippen LogP contribution in [0.3, 0.4) is 0 Å². The summed E-state index contributed by atoms with van der Waals surface area (Å²) in [5, 5.41) is 0.760. The quantitative estimate of drug-likeness (QED) is 0.870. The highest BCUT2D eigenvalue weighted by molar-refractivity contribution is 7.99. The Kier molecular flexibility index (Phi) is 4.33. The van der Waals surface area contributed by atoms with Crippen LogP contribution in [-0.2, 0) is 0 Å². The number of aryl methyl sites for hydroxylation is 1. The summed E-state index contributed by atoms with van der Waals surface area (Å²) in [7, 11) is 0. The van der Waals surface area contributed by atoms with Crippen LogP contribution < -0.4 is 5.73 Å². The topological polar surface area (TPSA) is 26.0 Å². The summed E-state index contributed by atoms with van der Waals surface area (Å²) in [6.45, 7) is 4.05. The van der Waals surface area contributed by atoms with Crippen molar-refractivity contribution in [3.8, 4) is 0 Å². The Bertz CT molecular complexity index is 552. The van der Waals surface area contributed by atoms with Crippen LogP contribution in [0.15, 0.2) is 52.3 Å². The highest BCUT2D eigenvalue weighted by Gasteiger charge is 2.06. The Hall–Kier alpha value is -0.960. The van der Waals surface area contributed by atoms with Gasteiger partial charge in [-0.25, -0.2) is 0 Å². The molecule has 0 aliphatic carbocycles. The van der Waals surface area contributed by atoms with Gasteiger partial charge in [0.2, 0.25) is 0 Å². The van der Waals surface area contributed by atoms with E-state index in [2.05, 4.69) is 31.2 Å². The lowest BCUT2D eigenvalue weighted by Gasteiger charge is -2.09. The Morgan fingerprint density at radius 3 is 2.56 bits per heavy atom. The Morgan fingerprint density at radius 2 is 1.94 bits per heavy atom. The summed E-state index contributed by atoms with van der Waals surface area (Å²) in [4.78, 5) is 2.26. The molecule has 0 saturated heterocycles. The van der Waals surface area contributed by atoms with Crippen molar-refractivity contribution < 1.29 is 0 Å². The molecule has 2 aromatic carbocycles. The van der Waals surface area contributed by atoms with Crippen LogP contribution in [0.2, 0.25) is 5.02 Å². The Morgan fingerprint density at radius 1 is 1.17 bits per heavy atom. The molecule has 0 bridgehead atoms. The van der Waals surface area contributed by atoms with Crippen LogP contribution in [0.4, 0.5) is 0 Å². The molecule has 0 saturated carbocycles. The van der Waals surface area contributed by atoms with Gasteiger partial charge in [-0.15, -0.1) is 0 Å². The first-order valence-corrected chi connectivity index (χ1v) is 7.05. The van der Waals surface area contributed by atoms with Crippen molar-refractivity contribution in [1.82, 2.24) is 0 Å². The molecule has 0 fully saturated rings. The molecule has 0 heterocycles. The molecule has 2 N–H and O–H groups in total. The first kappa shape index (κ1) is 13.5. The van der Waals surface area contributed by atoms with Crippen molar-refractivity contribution in [1.29, 1.82) is 0 Å². The minimum atomic E-state index is 0.0144. The molecule has 94 valence electrons. The molecule has 1 unspecified atom stereocenters. The highest BCUT2D eigenvalue weighted by Crippen LogP contribution is 2.34. The summed E-state index contributed by atoms with van der Waals surface area (Å²) in [5.41, 5.74) is 8.16. The number of nitrogens with two attached hydrogens (primary N) is 1. The fourth-order valence-corrected chi connectivity index (χ4v) is 2.93. The normalized spacial score (nSPS) is 12.4. The van der Waals surface area contributed by atoms with Crippen LogP contribution in [0.1, 0.15) is 24.1 Å². The Labute approximate surface area is 117 Å².